The molecule has 0 aromatic carbocycles. The fraction of sp³-hybridized carbons (Fsp3) is 0.909. The predicted octanol–water partition coefficient (Wildman–Crippen LogP) is 1.77. The Bertz CT molecular complexity index is 204. The van der Waals surface area contributed by atoms with Gasteiger partial charge in [-0.1, -0.05) is 6.42 Å². The second-order valence-electron chi connectivity index (χ2n) is 3.95. The summed E-state index contributed by atoms with van der Waals surface area (Å²) in [5.41, 5.74) is 0. The summed E-state index contributed by atoms with van der Waals surface area (Å²) >= 11 is 0. The molecule has 0 saturated heterocycles. The first-order chi connectivity index (χ1) is 7.19. The molecular formula is C11H21NO3. The van der Waals surface area contributed by atoms with Gasteiger partial charge in [-0.25, -0.2) is 4.79 Å². The van der Waals surface area contributed by atoms with Crippen molar-refractivity contribution in [1.29, 1.82) is 0 Å². The van der Waals surface area contributed by atoms with Crippen LogP contribution in [0.1, 0.15) is 39.5 Å². The van der Waals surface area contributed by atoms with Gasteiger partial charge in [0.25, 0.3) is 0 Å². The molecule has 2 atom stereocenters. The lowest BCUT2D eigenvalue weighted by atomic mass is 9.95. The van der Waals surface area contributed by atoms with Crippen LogP contribution in [0.2, 0.25) is 0 Å². The Morgan fingerprint density at radius 3 is 2.47 bits per heavy atom. The van der Waals surface area contributed by atoms with Gasteiger partial charge in [0, 0.05) is 13.1 Å². The summed E-state index contributed by atoms with van der Waals surface area (Å²) in [7, 11) is 0. The zero-order valence-electron chi connectivity index (χ0n) is 9.61. The van der Waals surface area contributed by atoms with Crippen LogP contribution in [0.15, 0.2) is 0 Å². The summed E-state index contributed by atoms with van der Waals surface area (Å²) < 4.78 is 5.28. The van der Waals surface area contributed by atoms with Crippen LogP contribution < -0.4 is 0 Å². The van der Waals surface area contributed by atoms with E-state index in [2.05, 4.69) is 0 Å². The van der Waals surface area contributed by atoms with Crippen molar-refractivity contribution in [2.45, 2.75) is 51.7 Å². The molecule has 1 amide bonds. The molecule has 0 heterocycles. The minimum atomic E-state index is -0.474. The molecule has 1 N–H and O–H groups in total. The van der Waals surface area contributed by atoms with Crippen LogP contribution in [-0.4, -0.2) is 41.4 Å². The molecule has 15 heavy (non-hydrogen) atoms. The second kappa shape index (κ2) is 5.95. The third-order valence-corrected chi connectivity index (χ3v) is 2.94. The average molecular weight is 215 g/mol. The summed E-state index contributed by atoms with van der Waals surface area (Å²) in [5.74, 6) is 0. The Kier molecular flexibility index (Phi) is 4.88. The number of aliphatic hydroxyl groups excluding tert-OH is 1. The molecule has 0 radical (unpaired) electrons. The Labute approximate surface area is 91.2 Å². The zero-order valence-corrected chi connectivity index (χ0v) is 9.61. The van der Waals surface area contributed by atoms with Gasteiger partial charge in [0.2, 0.25) is 0 Å². The molecule has 0 aromatic rings. The summed E-state index contributed by atoms with van der Waals surface area (Å²) in [6.07, 6.45) is 2.52. The van der Waals surface area contributed by atoms with Crippen molar-refractivity contribution >= 4 is 6.09 Å². The van der Waals surface area contributed by atoms with E-state index < -0.39 is 6.10 Å². The number of carbonyl (C=O) groups excluding carboxylic acids is 1. The largest absolute Gasteiger partial charge is 0.443 e. The Balaban J connectivity index is 2.41. The van der Waals surface area contributed by atoms with Gasteiger partial charge in [-0.3, -0.25) is 0 Å². The van der Waals surface area contributed by atoms with Crippen molar-refractivity contribution in [3.63, 3.8) is 0 Å². The van der Waals surface area contributed by atoms with Crippen molar-refractivity contribution in [2.75, 3.05) is 13.1 Å². The zero-order chi connectivity index (χ0) is 11.3. The molecule has 4 nitrogen and oxygen atoms in total. The highest BCUT2D eigenvalue weighted by Crippen LogP contribution is 2.21. The van der Waals surface area contributed by atoms with Crippen LogP contribution in [0, 0.1) is 0 Å². The second-order valence-corrected chi connectivity index (χ2v) is 3.95. The van der Waals surface area contributed by atoms with Crippen molar-refractivity contribution < 1.29 is 14.6 Å². The van der Waals surface area contributed by atoms with Crippen LogP contribution in [0.25, 0.3) is 0 Å². The molecule has 0 bridgehead atoms. The minimum Gasteiger partial charge on any atom is -0.443 e. The maximum atomic E-state index is 11.6. The molecular weight excluding hydrogens is 194 g/mol. The molecule has 1 rings (SSSR count). The monoisotopic (exact) mass is 215 g/mol. The lowest BCUT2D eigenvalue weighted by molar-refractivity contribution is -0.0320. The lowest BCUT2D eigenvalue weighted by Crippen LogP contribution is -2.39. The van der Waals surface area contributed by atoms with Gasteiger partial charge in [0.05, 0.1) is 6.10 Å². The van der Waals surface area contributed by atoms with E-state index in [0.717, 1.165) is 25.7 Å². The van der Waals surface area contributed by atoms with Crippen molar-refractivity contribution in [1.82, 2.24) is 4.90 Å². The van der Waals surface area contributed by atoms with Gasteiger partial charge in [-0.05, 0) is 33.1 Å². The van der Waals surface area contributed by atoms with E-state index in [1.165, 1.54) is 0 Å². The fourth-order valence-corrected chi connectivity index (χ4v) is 1.90. The van der Waals surface area contributed by atoms with E-state index in [-0.39, 0.29) is 12.2 Å². The number of nitrogens with zero attached hydrogens (tertiary/aromatic N) is 1. The predicted molar refractivity (Wildman–Crippen MR) is 57.7 cm³/mol. The number of rotatable bonds is 3. The van der Waals surface area contributed by atoms with Gasteiger partial charge >= 0.3 is 6.09 Å². The van der Waals surface area contributed by atoms with Gasteiger partial charge in [-0.15, -0.1) is 0 Å². The van der Waals surface area contributed by atoms with E-state index in [4.69, 9.17) is 4.74 Å². The van der Waals surface area contributed by atoms with Crippen molar-refractivity contribution in [2.24, 2.45) is 0 Å². The van der Waals surface area contributed by atoms with Crippen LogP contribution in [0.3, 0.4) is 0 Å². The molecule has 1 fully saturated rings. The fourth-order valence-electron chi connectivity index (χ4n) is 1.90. The van der Waals surface area contributed by atoms with E-state index in [1.54, 1.807) is 4.90 Å². The van der Waals surface area contributed by atoms with Crippen molar-refractivity contribution in [3.05, 3.63) is 0 Å². The SMILES string of the molecule is CCN(CC)C(=O)OC1CCCCC1O. The summed E-state index contributed by atoms with van der Waals surface area (Å²) in [4.78, 5) is 13.2. The first kappa shape index (κ1) is 12.3. The topological polar surface area (TPSA) is 49.8 Å². The van der Waals surface area contributed by atoms with E-state index in [9.17, 15) is 9.90 Å². The maximum Gasteiger partial charge on any atom is 0.410 e. The Morgan fingerprint density at radius 2 is 1.93 bits per heavy atom. The van der Waals surface area contributed by atoms with E-state index in [0.29, 0.717) is 13.1 Å². The number of aliphatic hydroxyl groups is 1. The number of hydrogen-bond acceptors (Lipinski definition) is 3. The van der Waals surface area contributed by atoms with Crippen LogP contribution >= 0.6 is 0 Å². The van der Waals surface area contributed by atoms with Crippen LogP contribution in [0.5, 0.6) is 0 Å². The number of ether oxygens (including phenoxy) is 1. The average Bonchev–Trinajstić information content (AvgIpc) is 2.23. The highest BCUT2D eigenvalue weighted by molar-refractivity contribution is 5.67. The van der Waals surface area contributed by atoms with E-state index >= 15 is 0 Å². The van der Waals surface area contributed by atoms with Crippen LogP contribution in [0.4, 0.5) is 4.79 Å². The summed E-state index contributed by atoms with van der Waals surface area (Å²) in [5, 5.41) is 9.65. The molecule has 4 heteroatoms. The first-order valence-electron chi connectivity index (χ1n) is 5.82. The van der Waals surface area contributed by atoms with Gasteiger partial charge < -0.3 is 14.7 Å². The molecule has 0 aromatic heterocycles. The maximum absolute atomic E-state index is 11.6. The smallest absolute Gasteiger partial charge is 0.410 e. The third-order valence-electron chi connectivity index (χ3n) is 2.94. The highest BCUT2D eigenvalue weighted by atomic mass is 16.6. The lowest BCUT2D eigenvalue weighted by Gasteiger charge is -2.29. The Hall–Kier alpha value is -0.770. The molecule has 2 unspecified atom stereocenters. The van der Waals surface area contributed by atoms with E-state index in [1.807, 2.05) is 13.8 Å². The molecule has 1 aliphatic carbocycles. The van der Waals surface area contributed by atoms with Gasteiger partial charge in [0.15, 0.2) is 0 Å². The third kappa shape index (κ3) is 3.38. The molecule has 0 aliphatic heterocycles. The summed E-state index contributed by atoms with van der Waals surface area (Å²) in [6, 6.07) is 0. The molecule has 1 aliphatic rings. The molecule has 1 saturated carbocycles. The Morgan fingerprint density at radius 1 is 1.33 bits per heavy atom. The minimum absolute atomic E-state index is 0.299. The van der Waals surface area contributed by atoms with Gasteiger partial charge in [-0.2, -0.15) is 0 Å². The molecule has 88 valence electrons. The number of hydrogen-bond donors (Lipinski definition) is 1. The summed E-state index contributed by atoms with van der Waals surface area (Å²) in [6.45, 7) is 5.14. The first-order valence-corrected chi connectivity index (χ1v) is 5.82. The molecule has 0 spiro atoms. The standard InChI is InChI=1S/C11H21NO3/c1-3-12(4-2)11(14)15-10-8-6-5-7-9(10)13/h9-10,13H,3-8H2,1-2H3. The number of carbonyl (C=O) groups is 1. The van der Waals surface area contributed by atoms with Crippen molar-refractivity contribution in [3.8, 4) is 0 Å². The quantitative estimate of drug-likeness (QED) is 0.780. The van der Waals surface area contributed by atoms with Crippen LogP contribution in [-0.2, 0) is 4.74 Å². The normalized spacial score (nSPS) is 26.1. The number of amides is 1. The highest BCUT2D eigenvalue weighted by Gasteiger charge is 2.27. The van der Waals surface area contributed by atoms with Gasteiger partial charge in [0.1, 0.15) is 6.10 Å².